The highest BCUT2D eigenvalue weighted by molar-refractivity contribution is 6.63. The molecular weight excluding hydrogens is 223 g/mol. The molecule has 0 fully saturated rings. The summed E-state index contributed by atoms with van der Waals surface area (Å²) in [6.07, 6.45) is 4.97. The Morgan fingerprint density at radius 3 is 1.21 bits per heavy atom. The van der Waals surface area contributed by atoms with Gasteiger partial charge in [-0.05, 0) is 36.0 Å². The molecule has 0 saturated carbocycles. The summed E-state index contributed by atoms with van der Waals surface area (Å²) in [4.78, 5) is 19.9. The smallest absolute Gasteiger partial charge is 0.221 e. The number of hydrogen-bond donors (Lipinski definition) is 0. The monoisotopic (exact) mass is 240 g/mol. The van der Waals surface area contributed by atoms with Crippen molar-refractivity contribution in [2.24, 2.45) is 0 Å². The topological polar surface area (TPSA) is 34.1 Å². The third kappa shape index (κ3) is 22.7. The number of unbranched alkanes of at least 4 members (excludes halogenated alkanes) is 2. The molecule has 0 rings (SSSR count). The number of hydrogen-bond acceptors (Lipinski definition) is 2. The molecule has 84 valence electrons. The molecule has 0 radical (unpaired) electrons. The van der Waals surface area contributed by atoms with E-state index in [1.54, 1.807) is 0 Å². The van der Waals surface area contributed by atoms with Gasteiger partial charge in [-0.3, -0.25) is 9.59 Å². The number of carbonyl (C=O) groups is 2. The number of halogens is 2. The van der Waals surface area contributed by atoms with Crippen molar-refractivity contribution in [3.8, 4) is 0 Å². The summed E-state index contributed by atoms with van der Waals surface area (Å²) in [5.41, 5.74) is 0. The minimum atomic E-state index is -0.221. The Kier molecular flexibility index (Phi) is 15.1. The van der Waals surface area contributed by atoms with E-state index in [9.17, 15) is 9.59 Å². The van der Waals surface area contributed by atoms with Gasteiger partial charge >= 0.3 is 0 Å². The zero-order valence-electron chi connectivity index (χ0n) is 8.82. The second kappa shape index (κ2) is 12.9. The summed E-state index contributed by atoms with van der Waals surface area (Å²) in [5, 5.41) is -0.441. The van der Waals surface area contributed by atoms with Gasteiger partial charge in [-0.15, -0.1) is 0 Å². The third-order valence-electron chi connectivity index (χ3n) is 1.45. The summed E-state index contributed by atoms with van der Waals surface area (Å²) in [6, 6.07) is 0. The number of carbonyl (C=O) groups excluding carboxylic acids is 2. The van der Waals surface area contributed by atoms with Crippen LogP contribution < -0.4 is 0 Å². The maximum atomic E-state index is 9.97. The van der Waals surface area contributed by atoms with Gasteiger partial charge in [-0.2, -0.15) is 0 Å². The van der Waals surface area contributed by atoms with Gasteiger partial charge in [-0.1, -0.05) is 26.7 Å². The predicted octanol–water partition coefficient (Wildman–Crippen LogP) is 3.88. The Morgan fingerprint density at radius 2 is 1.14 bits per heavy atom. The third-order valence-corrected chi connectivity index (χ3v) is 1.83. The maximum absolute atomic E-state index is 9.97. The van der Waals surface area contributed by atoms with Crippen LogP contribution in [0.4, 0.5) is 0 Å². The van der Waals surface area contributed by atoms with Crippen LogP contribution in [0.3, 0.4) is 0 Å². The average molecular weight is 241 g/mol. The van der Waals surface area contributed by atoms with Gasteiger partial charge in [0.15, 0.2) is 0 Å². The minimum absolute atomic E-state index is 0.221. The molecule has 0 aromatic rings. The van der Waals surface area contributed by atoms with Crippen LogP contribution in [0.5, 0.6) is 0 Å². The fourth-order valence-corrected chi connectivity index (χ4v) is 0.899. The second-order valence-electron chi connectivity index (χ2n) is 2.92. The Balaban J connectivity index is 0. The summed E-state index contributed by atoms with van der Waals surface area (Å²) >= 11 is 10.0. The van der Waals surface area contributed by atoms with Crippen LogP contribution in [0.1, 0.15) is 52.4 Å². The van der Waals surface area contributed by atoms with E-state index in [1.165, 1.54) is 0 Å². The molecule has 0 aliphatic heterocycles. The molecule has 0 heterocycles. The van der Waals surface area contributed by atoms with Crippen molar-refractivity contribution >= 4 is 33.7 Å². The zero-order valence-corrected chi connectivity index (χ0v) is 10.3. The van der Waals surface area contributed by atoms with Crippen LogP contribution in [-0.4, -0.2) is 10.5 Å². The lowest BCUT2D eigenvalue weighted by Gasteiger charge is -1.84. The van der Waals surface area contributed by atoms with Gasteiger partial charge in [0.25, 0.3) is 0 Å². The normalized spacial score (nSPS) is 8.86. The largest absolute Gasteiger partial charge is 0.281 e. The highest BCUT2D eigenvalue weighted by atomic mass is 35.5. The van der Waals surface area contributed by atoms with Crippen molar-refractivity contribution < 1.29 is 9.59 Å². The Hall–Kier alpha value is -0.0800. The predicted molar refractivity (Wildman–Crippen MR) is 60.8 cm³/mol. The van der Waals surface area contributed by atoms with Crippen LogP contribution in [-0.2, 0) is 9.59 Å². The SMILES string of the molecule is CCCCC(=O)Cl.CCCCC(=O)Cl. The first kappa shape index (κ1) is 16.4. The van der Waals surface area contributed by atoms with E-state index in [4.69, 9.17) is 23.2 Å². The summed E-state index contributed by atoms with van der Waals surface area (Å²) in [6.45, 7) is 4.06. The lowest BCUT2D eigenvalue weighted by molar-refractivity contribution is -0.112. The molecule has 0 atom stereocenters. The van der Waals surface area contributed by atoms with Gasteiger partial charge in [0, 0.05) is 12.8 Å². The molecule has 4 heteroatoms. The molecule has 0 aromatic carbocycles. The lowest BCUT2D eigenvalue weighted by Crippen LogP contribution is -1.82. The fourth-order valence-electron chi connectivity index (χ4n) is 0.632. The number of rotatable bonds is 6. The van der Waals surface area contributed by atoms with Crippen LogP contribution >= 0.6 is 23.2 Å². The van der Waals surface area contributed by atoms with Crippen LogP contribution in [0.15, 0.2) is 0 Å². The Bertz CT molecular complexity index is 140. The fraction of sp³-hybridized carbons (Fsp3) is 0.800. The standard InChI is InChI=1S/2C5H9ClO/c2*1-2-3-4-5(6)7/h2*2-4H2,1H3. The van der Waals surface area contributed by atoms with E-state index in [0.717, 1.165) is 25.7 Å². The van der Waals surface area contributed by atoms with Gasteiger partial charge in [0.2, 0.25) is 10.5 Å². The van der Waals surface area contributed by atoms with Gasteiger partial charge < -0.3 is 0 Å². The van der Waals surface area contributed by atoms with E-state index in [2.05, 4.69) is 0 Å². The van der Waals surface area contributed by atoms with Crippen molar-refractivity contribution in [2.75, 3.05) is 0 Å². The van der Waals surface area contributed by atoms with E-state index in [-0.39, 0.29) is 10.5 Å². The molecule has 0 amide bonds. The van der Waals surface area contributed by atoms with Crippen LogP contribution in [0.2, 0.25) is 0 Å². The molecule has 14 heavy (non-hydrogen) atoms. The molecule has 0 N–H and O–H groups in total. The Morgan fingerprint density at radius 1 is 0.857 bits per heavy atom. The van der Waals surface area contributed by atoms with Crippen molar-refractivity contribution in [3.05, 3.63) is 0 Å². The zero-order chi connectivity index (χ0) is 11.4. The first-order valence-corrected chi connectivity index (χ1v) is 5.66. The summed E-state index contributed by atoms with van der Waals surface area (Å²) < 4.78 is 0. The van der Waals surface area contributed by atoms with E-state index >= 15 is 0 Å². The highest BCUT2D eigenvalue weighted by Crippen LogP contribution is 1.97. The molecule has 0 bridgehead atoms. The molecule has 0 aliphatic rings. The minimum Gasteiger partial charge on any atom is -0.281 e. The van der Waals surface area contributed by atoms with E-state index in [0.29, 0.717) is 12.8 Å². The van der Waals surface area contributed by atoms with Gasteiger partial charge in [0.05, 0.1) is 0 Å². The van der Waals surface area contributed by atoms with Crippen molar-refractivity contribution in [2.45, 2.75) is 52.4 Å². The van der Waals surface area contributed by atoms with Crippen LogP contribution in [0.25, 0.3) is 0 Å². The lowest BCUT2D eigenvalue weighted by atomic mass is 10.3. The van der Waals surface area contributed by atoms with Crippen molar-refractivity contribution in [1.29, 1.82) is 0 Å². The van der Waals surface area contributed by atoms with E-state index < -0.39 is 0 Å². The molecule has 0 spiro atoms. The molecule has 2 nitrogen and oxygen atoms in total. The van der Waals surface area contributed by atoms with Crippen LogP contribution in [0, 0.1) is 0 Å². The maximum Gasteiger partial charge on any atom is 0.221 e. The quantitative estimate of drug-likeness (QED) is 0.661. The van der Waals surface area contributed by atoms with Gasteiger partial charge in [-0.25, -0.2) is 0 Å². The Labute approximate surface area is 96.0 Å². The average Bonchev–Trinajstić information content (AvgIpc) is 2.12. The molecule has 0 saturated heterocycles. The molecular formula is C10H18Cl2O2. The van der Waals surface area contributed by atoms with E-state index in [1.807, 2.05) is 13.8 Å². The summed E-state index contributed by atoms with van der Waals surface area (Å²) in [5.74, 6) is 0. The molecule has 0 aliphatic carbocycles. The first-order valence-electron chi connectivity index (χ1n) is 4.91. The highest BCUT2D eigenvalue weighted by Gasteiger charge is 1.91. The van der Waals surface area contributed by atoms with Gasteiger partial charge in [0.1, 0.15) is 0 Å². The van der Waals surface area contributed by atoms with Crippen molar-refractivity contribution in [3.63, 3.8) is 0 Å². The summed E-state index contributed by atoms with van der Waals surface area (Å²) in [7, 11) is 0. The second-order valence-corrected chi connectivity index (χ2v) is 3.76. The molecule has 0 aromatic heterocycles. The van der Waals surface area contributed by atoms with Crippen molar-refractivity contribution in [1.82, 2.24) is 0 Å². The molecule has 0 unspecified atom stereocenters. The first-order chi connectivity index (χ1) is 6.54.